The lowest BCUT2D eigenvalue weighted by Gasteiger charge is -1.99. The first-order valence-corrected chi connectivity index (χ1v) is 7.01. The number of imidazole rings is 1. The van der Waals surface area contributed by atoms with Crippen LogP contribution in [0.1, 0.15) is 27.7 Å². The second-order valence-corrected chi connectivity index (χ2v) is 5.04. The Bertz CT molecular complexity index is 826. The summed E-state index contributed by atoms with van der Waals surface area (Å²) in [5.41, 5.74) is 0.894. The molecule has 0 unspecified atom stereocenters. The Morgan fingerprint density at radius 1 is 1.08 bits per heavy atom. The summed E-state index contributed by atoms with van der Waals surface area (Å²) in [7, 11) is 0. The topological polar surface area (TPSA) is 76.0 Å². The number of nitrogens with one attached hydrogen (secondary N) is 1. The van der Waals surface area contributed by atoms with Gasteiger partial charge in [0.15, 0.2) is 5.82 Å². The number of furan rings is 1. The molecule has 0 aliphatic heterocycles. The van der Waals surface area contributed by atoms with E-state index < -0.39 is 11.6 Å². The number of H-pyrrole nitrogens is 1. The maximum absolute atomic E-state index is 12.9. The number of benzene rings is 1. The maximum Gasteiger partial charge on any atom is 0.264 e. The van der Waals surface area contributed by atoms with Crippen molar-refractivity contribution in [3.8, 4) is 0 Å². The van der Waals surface area contributed by atoms with Gasteiger partial charge >= 0.3 is 0 Å². The highest BCUT2D eigenvalue weighted by atomic mass is 35.5. The van der Waals surface area contributed by atoms with E-state index >= 15 is 0 Å². The zero-order chi connectivity index (χ0) is 16.2. The van der Waals surface area contributed by atoms with Gasteiger partial charge in [-0.3, -0.25) is 9.59 Å². The molecular weight excluding hydrogens is 335 g/mol. The number of ketones is 2. The molecule has 0 aliphatic carbocycles. The molecule has 0 spiro atoms. The van der Waals surface area contributed by atoms with Gasteiger partial charge in [-0.25, -0.2) is 9.37 Å². The predicted octanol–water partition coefficient (Wildman–Crippen LogP) is 3.15. The van der Waals surface area contributed by atoms with Crippen LogP contribution in [-0.2, 0) is 17.6 Å². The van der Waals surface area contributed by atoms with Crippen molar-refractivity contribution in [3.05, 3.63) is 77.5 Å². The molecule has 0 bridgehead atoms. The molecule has 2 aromatic heterocycles. The molecule has 0 radical (unpaired) electrons. The molecule has 124 valence electrons. The average Bonchev–Trinajstić information content (AvgIpc) is 3.21. The standard InChI is InChI=1S/C17H13FN2O3.ClH/c18-12-3-1-11(2-4-12)9-13-5-6-14(23-13)10-15(21)16(22)17-19-7-8-20-17;/h1-8H,9-10H2,(H,19,20);1H. The third-order valence-electron chi connectivity index (χ3n) is 3.31. The highest BCUT2D eigenvalue weighted by Crippen LogP contribution is 2.15. The van der Waals surface area contributed by atoms with Crippen molar-refractivity contribution >= 4 is 24.0 Å². The summed E-state index contributed by atoms with van der Waals surface area (Å²) in [4.78, 5) is 30.1. The molecule has 7 heteroatoms. The Labute approximate surface area is 143 Å². The van der Waals surface area contributed by atoms with E-state index in [0.717, 1.165) is 5.56 Å². The van der Waals surface area contributed by atoms with E-state index in [1.807, 2.05) is 0 Å². The number of nitrogens with zero attached hydrogens (tertiary/aromatic N) is 1. The molecule has 2 heterocycles. The fraction of sp³-hybridized carbons (Fsp3) is 0.118. The van der Waals surface area contributed by atoms with Crippen LogP contribution in [0.15, 0.2) is 53.2 Å². The lowest BCUT2D eigenvalue weighted by atomic mass is 10.1. The number of carbonyl (C=O) groups is 2. The summed E-state index contributed by atoms with van der Waals surface area (Å²) in [6.45, 7) is 0. The Hall–Kier alpha value is -2.73. The molecule has 0 aliphatic rings. The third-order valence-corrected chi connectivity index (χ3v) is 3.31. The van der Waals surface area contributed by atoms with Gasteiger partial charge in [0.1, 0.15) is 17.3 Å². The molecule has 0 fully saturated rings. The van der Waals surface area contributed by atoms with Crippen molar-refractivity contribution in [1.82, 2.24) is 9.97 Å². The lowest BCUT2D eigenvalue weighted by Crippen LogP contribution is -2.17. The second kappa shape index (κ2) is 7.70. The zero-order valence-corrected chi connectivity index (χ0v) is 13.3. The molecule has 0 atom stereocenters. The van der Waals surface area contributed by atoms with E-state index in [4.69, 9.17) is 4.42 Å². The van der Waals surface area contributed by atoms with E-state index in [1.54, 1.807) is 24.3 Å². The van der Waals surface area contributed by atoms with Gasteiger partial charge in [0.2, 0.25) is 5.78 Å². The van der Waals surface area contributed by atoms with Gasteiger partial charge in [-0.15, -0.1) is 12.4 Å². The summed E-state index contributed by atoms with van der Waals surface area (Å²) in [5.74, 6) is -0.491. The SMILES string of the molecule is Cl.O=C(Cc1ccc(Cc2ccc(F)cc2)o1)C(=O)c1ncc[nH]1. The van der Waals surface area contributed by atoms with Crippen molar-refractivity contribution in [2.75, 3.05) is 0 Å². The van der Waals surface area contributed by atoms with Crippen LogP contribution in [0.3, 0.4) is 0 Å². The summed E-state index contributed by atoms with van der Waals surface area (Å²) < 4.78 is 18.4. The molecule has 5 nitrogen and oxygen atoms in total. The number of aromatic amines is 1. The first-order valence-electron chi connectivity index (χ1n) is 7.01. The van der Waals surface area contributed by atoms with E-state index in [2.05, 4.69) is 9.97 Å². The van der Waals surface area contributed by atoms with Gasteiger partial charge < -0.3 is 9.40 Å². The highest BCUT2D eigenvalue weighted by molar-refractivity contribution is 6.43. The van der Waals surface area contributed by atoms with Crippen LogP contribution in [0.4, 0.5) is 4.39 Å². The Morgan fingerprint density at radius 3 is 2.46 bits per heavy atom. The quantitative estimate of drug-likeness (QED) is 0.548. The number of rotatable bonds is 6. The van der Waals surface area contributed by atoms with Crippen LogP contribution in [0, 0.1) is 5.82 Å². The highest BCUT2D eigenvalue weighted by Gasteiger charge is 2.20. The van der Waals surface area contributed by atoms with Crippen LogP contribution in [-0.4, -0.2) is 21.5 Å². The molecule has 24 heavy (non-hydrogen) atoms. The van der Waals surface area contributed by atoms with Crippen LogP contribution in [0.5, 0.6) is 0 Å². The zero-order valence-electron chi connectivity index (χ0n) is 12.5. The fourth-order valence-corrected chi connectivity index (χ4v) is 2.18. The number of Topliss-reactive ketones (excluding diaryl/α,β-unsaturated/α-hetero) is 2. The largest absolute Gasteiger partial charge is 0.465 e. The van der Waals surface area contributed by atoms with Gasteiger partial charge in [-0.1, -0.05) is 12.1 Å². The van der Waals surface area contributed by atoms with Gasteiger partial charge in [-0.05, 0) is 29.8 Å². The molecule has 0 amide bonds. The normalized spacial score (nSPS) is 10.2. The third kappa shape index (κ3) is 4.17. The maximum atomic E-state index is 12.9. The average molecular weight is 349 g/mol. The molecular formula is C17H14ClFN2O3. The molecule has 3 rings (SSSR count). The fourth-order valence-electron chi connectivity index (χ4n) is 2.18. The smallest absolute Gasteiger partial charge is 0.264 e. The summed E-state index contributed by atoms with van der Waals surface area (Å²) >= 11 is 0. The van der Waals surface area contributed by atoms with Crippen LogP contribution < -0.4 is 0 Å². The first kappa shape index (κ1) is 17.6. The number of halogens is 2. The predicted molar refractivity (Wildman–Crippen MR) is 86.8 cm³/mol. The van der Waals surface area contributed by atoms with Gasteiger partial charge in [0, 0.05) is 18.8 Å². The first-order chi connectivity index (χ1) is 11.1. The molecule has 3 aromatic rings. The molecule has 1 aromatic carbocycles. The summed E-state index contributed by atoms with van der Waals surface area (Å²) in [5, 5.41) is 0. The van der Waals surface area contributed by atoms with E-state index in [1.165, 1.54) is 24.5 Å². The van der Waals surface area contributed by atoms with Gasteiger partial charge in [0.05, 0.1) is 6.42 Å². The van der Waals surface area contributed by atoms with Gasteiger partial charge in [0.25, 0.3) is 5.78 Å². The minimum Gasteiger partial charge on any atom is -0.465 e. The molecule has 0 saturated carbocycles. The van der Waals surface area contributed by atoms with E-state index in [9.17, 15) is 14.0 Å². The minimum absolute atomic E-state index is 0. The summed E-state index contributed by atoms with van der Waals surface area (Å²) in [6.07, 6.45) is 3.26. The van der Waals surface area contributed by atoms with E-state index in [0.29, 0.717) is 17.9 Å². The van der Waals surface area contributed by atoms with Crippen LogP contribution in [0.2, 0.25) is 0 Å². The van der Waals surface area contributed by atoms with Gasteiger partial charge in [-0.2, -0.15) is 0 Å². The number of hydrogen-bond acceptors (Lipinski definition) is 4. The van der Waals surface area contributed by atoms with Crippen LogP contribution in [0.25, 0.3) is 0 Å². The lowest BCUT2D eigenvalue weighted by molar-refractivity contribution is -0.114. The van der Waals surface area contributed by atoms with Crippen molar-refractivity contribution in [1.29, 1.82) is 0 Å². The Morgan fingerprint density at radius 2 is 1.79 bits per heavy atom. The second-order valence-electron chi connectivity index (χ2n) is 5.04. The van der Waals surface area contributed by atoms with Crippen molar-refractivity contribution < 1.29 is 18.4 Å². The van der Waals surface area contributed by atoms with Crippen molar-refractivity contribution in [3.63, 3.8) is 0 Å². The monoisotopic (exact) mass is 348 g/mol. The van der Waals surface area contributed by atoms with Crippen molar-refractivity contribution in [2.24, 2.45) is 0 Å². The molecule has 0 saturated heterocycles. The number of carbonyl (C=O) groups excluding carboxylic acids is 2. The van der Waals surface area contributed by atoms with Crippen LogP contribution >= 0.6 is 12.4 Å². The summed E-state index contributed by atoms with van der Waals surface area (Å²) in [6, 6.07) is 9.50. The number of hydrogen-bond donors (Lipinski definition) is 1. The number of aromatic nitrogens is 2. The Kier molecular flexibility index (Phi) is 5.65. The van der Waals surface area contributed by atoms with Crippen molar-refractivity contribution in [2.45, 2.75) is 12.8 Å². The minimum atomic E-state index is -0.675. The Balaban J connectivity index is 0.00000208. The van der Waals surface area contributed by atoms with E-state index in [-0.39, 0.29) is 30.5 Å². The molecule has 1 N–H and O–H groups in total.